The van der Waals surface area contributed by atoms with Gasteiger partial charge in [0, 0.05) is 17.6 Å². The summed E-state index contributed by atoms with van der Waals surface area (Å²) in [7, 11) is 1.65. The van der Waals surface area contributed by atoms with Gasteiger partial charge in [-0.15, -0.1) is 0 Å². The van der Waals surface area contributed by atoms with Gasteiger partial charge in [0.1, 0.15) is 5.75 Å². The molecule has 2 unspecified atom stereocenters. The highest BCUT2D eigenvalue weighted by Crippen LogP contribution is 2.32. The summed E-state index contributed by atoms with van der Waals surface area (Å²) in [6.45, 7) is 2.65. The van der Waals surface area contributed by atoms with Crippen LogP contribution >= 0.6 is 0 Å². The molecule has 0 spiro atoms. The van der Waals surface area contributed by atoms with Crippen LogP contribution in [0.3, 0.4) is 0 Å². The van der Waals surface area contributed by atoms with E-state index in [1.165, 1.54) is 0 Å². The van der Waals surface area contributed by atoms with Crippen molar-refractivity contribution in [3.05, 3.63) is 42.0 Å². The number of rotatable bonds is 3. The van der Waals surface area contributed by atoms with Crippen LogP contribution in [0.1, 0.15) is 23.7 Å². The van der Waals surface area contributed by atoms with E-state index >= 15 is 0 Å². The normalized spacial score (nSPS) is 22.1. The molecule has 0 bridgehead atoms. The molecule has 2 aromatic rings. The van der Waals surface area contributed by atoms with Gasteiger partial charge in [0.2, 0.25) is 0 Å². The summed E-state index contributed by atoms with van der Waals surface area (Å²) in [6, 6.07) is 11.6. The molecule has 1 aliphatic rings. The van der Waals surface area contributed by atoms with Gasteiger partial charge in [-0.05, 0) is 30.9 Å². The zero-order valence-electron chi connectivity index (χ0n) is 11.8. The Morgan fingerprint density at radius 2 is 1.95 bits per heavy atom. The van der Waals surface area contributed by atoms with Gasteiger partial charge in [-0.1, -0.05) is 24.3 Å². The highest BCUT2D eigenvalue weighted by molar-refractivity contribution is 6.10. The number of carbonyl (C=O) groups excluding carboxylic acids is 1. The third kappa shape index (κ3) is 2.08. The maximum Gasteiger partial charge on any atom is 0.169 e. The van der Waals surface area contributed by atoms with Crippen molar-refractivity contribution in [2.75, 3.05) is 13.7 Å². The van der Waals surface area contributed by atoms with Gasteiger partial charge < -0.3 is 9.47 Å². The SMILES string of the molecule is COc1ccc(C(=O)C2CCOC2C)c2ccccc12. The third-order valence-electron chi connectivity index (χ3n) is 4.08. The molecule has 104 valence electrons. The predicted octanol–water partition coefficient (Wildman–Crippen LogP) is 3.46. The largest absolute Gasteiger partial charge is 0.496 e. The van der Waals surface area contributed by atoms with Crippen LogP contribution in [-0.2, 0) is 4.74 Å². The Hall–Kier alpha value is -1.87. The van der Waals surface area contributed by atoms with Crippen LogP contribution in [0.2, 0.25) is 0 Å². The average molecular weight is 270 g/mol. The Morgan fingerprint density at radius 1 is 1.20 bits per heavy atom. The molecule has 1 aliphatic heterocycles. The molecule has 0 aliphatic carbocycles. The quantitative estimate of drug-likeness (QED) is 0.801. The summed E-state index contributed by atoms with van der Waals surface area (Å²) in [5.74, 6) is 0.938. The van der Waals surface area contributed by atoms with Gasteiger partial charge in [-0.3, -0.25) is 4.79 Å². The first-order valence-electron chi connectivity index (χ1n) is 6.94. The van der Waals surface area contributed by atoms with E-state index in [2.05, 4.69) is 0 Å². The fourth-order valence-electron chi connectivity index (χ4n) is 2.94. The second kappa shape index (κ2) is 5.25. The van der Waals surface area contributed by atoms with E-state index in [-0.39, 0.29) is 17.8 Å². The van der Waals surface area contributed by atoms with Crippen LogP contribution in [0.5, 0.6) is 5.75 Å². The van der Waals surface area contributed by atoms with Crippen LogP contribution in [-0.4, -0.2) is 25.6 Å². The Morgan fingerprint density at radius 3 is 2.60 bits per heavy atom. The van der Waals surface area contributed by atoms with E-state index in [0.717, 1.165) is 28.5 Å². The van der Waals surface area contributed by atoms with E-state index < -0.39 is 0 Å². The van der Waals surface area contributed by atoms with Gasteiger partial charge in [0.05, 0.1) is 19.1 Å². The van der Waals surface area contributed by atoms with Crippen LogP contribution in [0.15, 0.2) is 36.4 Å². The third-order valence-corrected chi connectivity index (χ3v) is 4.08. The molecule has 1 fully saturated rings. The number of methoxy groups -OCH3 is 1. The fourth-order valence-corrected chi connectivity index (χ4v) is 2.94. The van der Waals surface area contributed by atoms with Crippen molar-refractivity contribution in [1.29, 1.82) is 0 Å². The number of Topliss-reactive ketones (excluding diaryl/α,β-unsaturated/α-hetero) is 1. The molecule has 3 heteroatoms. The lowest BCUT2D eigenvalue weighted by Gasteiger charge is -2.15. The minimum Gasteiger partial charge on any atom is -0.496 e. The van der Waals surface area contributed by atoms with Crippen LogP contribution in [0.4, 0.5) is 0 Å². The number of ketones is 1. The van der Waals surface area contributed by atoms with E-state index in [0.29, 0.717) is 6.61 Å². The topological polar surface area (TPSA) is 35.5 Å². The first-order chi connectivity index (χ1) is 9.72. The monoisotopic (exact) mass is 270 g/mol. The van der Waals surface area contributed by atoms with Gasteiger partial charge in [-0.25, -0.2) is 0 Å². The van der Waals surface area contributed by atoms with Crippen molar-refractivity contribution in [3.63, 3.8) is 0 Å². The molecule has 0 amide bonds. The average Bonchev–Trinajstić information content (AvgIpc) is 2.91. The number of fused-ring (bicyclic) bond motifs is 1. The van der Waals surface area contributed by atoms with Gasteiger partial charge >= 0.3 is 0 Å². The lowest BCUT2D eigenvalue weighted by molar-refractivity contribution is 0.0766. The van der Waals surface area contributed by atoms with Gasteiger partial charge in [0.15, 0.2) is 5.78 Å². The van der Waals surface area contributed by atoms with Crippen LogP contribution in [0.25, 0.3) is 10.8 Å². The molecule has 3 rings (SSSR count). The highest BCUT2D eigenvalue weighted by Gasteiger charge is 2.32. The van der Waals surface area contributed by atoms with Crippen LogP contribution < -0.4 is 4.74 Å². The van der Waals surface area contributed by atoms with Crippen molar-refractivity contribution in [2.24, 2.45) is 5.92 Å². The summed E-state index contributed by atoms with van der Waals surface area (Å²) in [5, 5.41) is 1.93. The minimum absolute atomic E-state index is 0.00311. The van der Waals surface area contributed by atoms with E-state index in [9.17, 15) is 4.79 Å². The molecule has 20 heavy (non-hydrogen) atoms. The van der Waals surface area contributed by atoms with Gasteiger partial charge in [-0.2, -0.15) is 0 Å². The summed E-state index contributed by atoms with van der Waals surface area (Å²) in [5.41, 5.74) is 0.767. The second-order valence-electron chi connectivity index (χ2n) is 5.20. The van der Waals surface area contributed by atoms with E-state index in [4.69, 9.17) is 9.47 Å². The number of hydrogen-bond donors (Lipinski definition) is 0. The molecule has 0 saturated carbocycles. The minimum atomic E-state index is -0.0354. The summed E-state index contributed by atoms with van der Waals surface area (Å²) in [6.07, 6.45) is 0.809. The second-order valence-corrected chi connectivity index (χ2v) is 5.20. The zero-order chi connectivity index (χ0) is 14.1. The number of benzene rings is 2. The first kappa shape index (κ1) is 13.1. The number of hydrogen-bond acceptors (Lipinski definition) is 3. The lowest BCUT2D eigenvalue weighted by atomic mass is 9.89. The van der Waals surface area contributed by atoms with Crippen molar-refractivity contribution >= 4 is 16.6 Å². The maximum atomic E-state index is 12.8. The van der Waals surface area contributed by atoms with E-state index in [1.54, 1.807) is 7.11 Å². The molecule has 1 saturated heterocycles. The lowest BCUT2D eigenvalue weighted by Crippen LogP contribution is -2.21. The molecular weight excluding hydrogens is 252 g/mol. The molecule has 2 aromatic carbocycles. The zero-order valence-corrected chi connectivity index (χ0v) is 11.8. The van der Waals surface area contributed by atoms with Crippen molar-refractivity contribution < 1.29 is 14.3 Å². The van der Waals surface area contributed by atoms with Gasteiger partial charge in [0.25, 0.3) is 0 Å². The Bertz CT molecular complexity index is 648. The Labute approximate surface area is 118 Å². The molecule has 2 atom stereocenters. The van der Waals surface area contributed by atoms with Crippen LogP contribution in [0, 0.1) is 5.92 Å². The summed E-state index contributed by atoms with van der Waals surface area (Å²) >= 11 is 0. The maximum absolute atomic E-state index is 12.8. The molecule has 0 radical (unpaired) electrons. The molecular formula is C17H18O3. The summed E-state index contributed by atoms with van der Waals surface area (Å²) in [4.78, 5) is 12.8. The Balaban J connectivity index is 2.10. The molecule has 3 nitrogen and oxygen atoms in total. The number of carbonyl (C=O) groups is 1. The standard InChI is InChI=1S/C17H18O3/c1-11-12(9-10-20-11)17(18)15-7-8-16(19-2)14-6-4-3-5-13(14)15/h3-8,11-12H,9-10H2,1-2H3. The smallest absolute Gasteiger partial charge is 0.169 e. The highest BCUT2D eigenvalue weighted by atomic mass is 16.5. The first-order valence-corrected chi connectivity index (χ1v) is 6.94. The van der Waals surface area contributed by atoms with Crippen molar-refractivity contribution in [3.8, 4) is 5.75 Å². The predicted molar refractivity (Wildman–Crippen MR) is 78.4 cm³/mol. The van der Waals surface area contributed by atoms with Crippen molar-refractivity contribution in [2.45, 2.75) is 19.4 Å². The van der Waals surface area contributed by atoms with E-state index in [1.807, 2.05) is 43.3 Å². The Kier molecular flexibility index (Phi) is 3.45. The summed E-state index contributed by atoms with van der Waals surface area (Å²) < 4.78 is 10.9. The number of ether oxygens (including phenoxy) is 2. The molecule has 0 N–H and O–H groups in total. The van der Waals surface area contributed by atoms with Crippen molar-refractivity contribution in [1.82, 2.24) is 0 Å². The molecule has 1 heterocycles. The fraction of sp³-hybridized carbons (Fsp3) is 0.353. The molecule has 0 aromatic heterocycles.